The van der Waals surface area contributed by atoms with Crippen LogP contribution in [0.5, 0.6) is 5.75 Å². The Labute approximate surface area is 118 Å². The molecule has 0 amide bonds. The van der Waals surface area contributed by atoms with E-state index in [9.17, 15) is 0 Å². The number of nitrogens with two attached hydrogens (primary N) is 1. The maximum Gasteiger partial charge on any atom is 0.164 e. The normalized spacial score (nSPS) is 10.5. The van der Waals surface area contributed by atoms with Crippen LogP contribution in [0.1, 0.15) is 30.3 Å². The minimum absolute atomic E-state index is 0.0315. The molecule has 0 saturated heterocycles. The van der Waals surface area contributed by atoms with Gasteiger partial charge in [0.05, 0.1) is 0 Å². The van der Waals surface area contributed by atoms with Gasteiger partial charge in [0, 0.05) is 12.1 Å². The van der Waals surface area contributed by atoms with E-state index in [1.807, 2.05) is 23.7 Å². The zero-order valence-electron chi connectivity index (χ0n) is 11.8. The molecule has 6 nitrogen and oxygen atoms in total. The molecule has 1 aromatic heterocycles. The Morgan fingerprint density at radius 2 is 2.25 bits per heavy atom. The van der Waals surface area contributed by atoms with Crippen molar-refractivity contribution in [2.24, 2.45) is 5.73 Å². The van der Waals surface area contributed by atoms with Crippen LogP contribution in [-0.2, 0) is 13.2 Å². The van der Waals surface area contributed by atoms with Crippen molar-refractivity contribution in [1.82, 2.24) is 14.8 Å². The van der Waals surface area contributed by atoms with Gasteiger partial charge in [-0.2, -0.15) is 5.10 Å². The standard InChI is InChI=1S/C14H19N5O/c1-3-6-19-13(17-9-18-19)8-20-12-7-11(14(15)16)5-4-10(12)2/h4-5,7,9H,3,6,8H2,1-2H3,(H3,15,16). The van der Waals surface area contributed by atoms with Crippen molar-refractivity contribution >= 4 is 5.84 Å². The summed E-state index contributed by atoms with van der Waals surface area (Å²) in [6, 6.07) is 5.48. The van der Waals surface area contributed by atoms with Gasteiger partial charge in [0.1, 0.15) is 24.5 Å². The number of hydrogen-bond acceptors (Lipinski definition) is 4. The number of hydrogen-bond donors (Lipinski definition) is 2. The van der Waals surface area contributed by atoms with E-state index in [1.54, 1.807) is 6.07 Å². The molecule has 0 unspecified atom stereocenters. The molecule has 0 aliphatic carbocycles. The van der Waals surface area contributed by atoms with E-state index in [4.69, 9.17) is 15.9 Å². The highest BCUT2D eigenvalue weighted by molar-refractivity contribution is 5.95. The summed E-state index contributed by atoms with van der Waals surface area (Å²) in [5.41, 5.74) is 7.14. The van der Waals surface area contributed by atoms with Crippen molar-refractivity contribution in [2.45, 2.75) is 33.4 Å². The fourth-order valence-corrected chi connectivity index (χ4v) is 1.86. The van der Waals surface area contributed by atoms with Gasteiger partial charge >= 0.3 is 0 Å². The molecule has 0 aliphatic heterocycles. The van der Waals surface area contributed by atoms with Crippen molar-refractivity contribution < 1.29 is 4.74 Å². The van der Waals surface area contributed by atoms with E-state index in [1.165, 1.54) is 6.33 Å². The van der Waals surface area contributed by atoms with Crippen molar-refractivity contribution in [1.29, 1.82) is 5.41 Å². The molecule has 2 aromatic rings. The highest BCUT2D eigenvalue weighted by Gasteiger charge is 2.07. The minimum Gasteiger partial charge on any atom is -0.485 e. The molecule has 6 heteroatoms. The Morgan fingerprint density at radius 3 is 2.95 bits per heavy atom. The van der Waals surface area contributed by atoms with Crippen LogP contribution >= 0.6 is 0 Å². The summed E-state index contributed by atoms with van der Waals surface area (Å²) in [5, 5.41) is 11.6. The smallest absolute Gasteiger partial charge is 0.164 e. The molecule has 0 saturated carbocycles. The van der Waals surface area contributed by atoms with Crippen LogP contribution in [0.3, 0.4) is 0 Å². The van der Waals surface area contributed by atoms with E-state index >= 15 is 0 Å². The molecule has 0 spiro atoms. The summed E-state index contributed by atoms with van der Waals surface area (Å²) >= 11 is 0. The maximum absolute atomic E-state index is 7.46. The number of nitrogens with one attached hydrogen (secondary N) is 1. The summed E-state index contributed by atoms with van der Waals surface area (Å²) in [6.07, 6.45) is 2.53. The number of nitrogens with zero attached hydrogens (tertiary/aromatic N) is 3. The topological polar surface area (TPSA) is 89.8 Å². The van der Waals surface area contributed by atoms with E-state index in [-0.39, 0.29) is 5.84 Å². The number of aryl methyl sites for hydroxylation is 2. The Morgan fingerprint density at radius 1 is 1.45 bits per heavy atom. The average Bonchev–Trinajstić information content (AvgIpc) is 2.85. The van der Waals surface area contributed by atoms with Gasteiger partial charge in [-0.1, -0.05) is 19.1 Å². The second-order valence-corrected chi connectivity index (χ2v) is 4.58. The SMILES string of the molecule is CCCn1ncnc1COc1cc(C(=N)N)ccc1C. The summed E-state index contributed by atoms with van der Waals surface area (Å²) in [7, 11) is 0. The van der Waals surface area contributed by atoms with Gasteiger partial charge in [0.25, 0.3) is 0 Å². The number of benzene rings is 1. The first-order valence-corrected chi connectivity index (χ1v) is 6.56. The van der Waals surface area contributed by atoms with Gasteiger partial charge < -0.3 is 10.5 Å². The van der Waals surface area contributed by atoms with Gasteiger partial charge in [-0.05, 0) is 25.0 Å². The molecule has 2 rings (SSSR count). The Bertz CT molecular complexity index is 605. The quantitative estimate of drug-likeness (QED) is 0.621. The maximum atomic E-state index is 7.46. The van der Waals surface area contributed by atoms with Crippen LogP contribution in [0.15, 0.2) is 24.5 Å². The van der Waals surface area contributed by atoms with Gasteiger partial charge in [-0.25, -0.2) is 9.67 Å². The second-order valence-electron chi connectivity index (χ2n) is 4.58. The Kier molecular flexibility index (Phi) is 4.34. The summed E-state index contributed by atoms with van der Waals surface area (Å²) in [6.45, 7) is 5.22. The molecule has 3 N–H and O–H groups in total. The van der Waals surface area contributed by atoms with Crippen LogP contribution in [-0.4, -0.2) is 20.6 Å². The van der Waals surface area contributed by atoms with Crippen molar-refractivity contribution in [3.05, 3.63) is 41.5 Å². The average molecular weight is 273 g/mol. The van der Waals surface area contributed by atoms with Crippen LogP contribution in [0.25, 0.3) is 0 Å². The third-order valence-corrected chi connectivity index (χ3v) is 2.99. The number of nitrogen functional groups attached to an aromatic ring is 1. The zero-order valence-corrected chi connectivity index (χ0v) is 11.8. The van der Waals surface area contributed by atoms with Gasteiger partial charge in [0.15, 0.2) is 5.82 Å². The molecule has 1 aromatic carbocycles. The zero-order chi connectivity index (χ0) is 14.5. The Balaban J connectivity index is 2.12. The first kappa shape index (κ1) is 14.0. The highest BCUT2D eigenvalue weighted by atomic mass is 16.5. The lowest BCUT2D eigenvalue weighted by molar-refractivity contribution is 0.284. The molecule has 0 bridgehead atoms. The predicted molar refractivity (Wildman–Crippen MR) is 76.8 cm³/mol. The van der Waals surface area contributed by atoms with E-state index in [0.717, 1.165) is 24.4 Å². The van der Waals surface area contributed by atoms with Crippen LogP contribution in [0, 0.1) is 12.3 Å². The molecular formula is C14H19N5O. The first-order chi connectivity index (χ1) is 9.61. The first-order valence-electron chi connectivity index (χ1n) is 6.56. The van der Waals surface area contributed by atoms with E-state index < -0.39 is 0 Å². The van der Waals surface area contributed by atoms with Gasteiger partial charge in [0.2, 0.25) is 0 Å². The number of aromatic nitrogens is 3. The number of rotatable bonds is 6. The van der Waals surface area contributed by atoms with Gasteiger partial charge in [-0.3, -0.25) is 5.41 Å². The lowest BCUT2D eigenvalue weighted by Gasteiger charge is -2.11. The second kappa shape index (κ2) is 6.18. The number of ether oxygens (including phenoxy) is 1. The van der Waals surface area contributed by atoms with E-state index in [2.05, 4.69) is 17.0 Å². The summed E-state index contributed by atoms with van der Waals surface area (Å²) in [4.78, 5) is 4.20. The largest absolute Gasteiger partial charge is 0.485 e. The third-order valence-electron chi connectivity index (χ3n) is 2.99. The molecular weight excluding hydrogens is 254 g/mol. The molecule has 0 radical (unpaired) electrons. The Hall–Kier alpha value is -2.37. The molecule has 1 heterocycles. The molecule has 106 valence electrons. The van der Waals surface area contributed by atoms with Crippen molar-refractivity contribution in [3.63, 3.8) is 0 Å². The number of amidine groups is 1. The molecule has 20 heavy (non-hydrogen) atoms. The minimum atomic E-state index is 0.0315. The van der Waals surface area contributed by atoms with Crippen molar-refractivity contribution in [2.75, 3.05) is 0 Å². The predicted octanol–water partition coefficient (Wildman–Crippen LogP) is 1.86. The van der Waals surface area contributed by atoms with Crippen LogP contribution in [0.4, 0.5) is 0 Å². The lowest BCUT2D eigenvalue weighted by atomic mass is 10.1. The van der Waals surface area contributed by atoms with Crippen LogP contribution in [0.2, 0.25) is 0 Å². The molecule has 0 fully saturated rings. The van der Waals surface area contributed by atoms with Crippen LogP contribution < -0.4 is 10.5 Å². The van der Waals surface area contributed by atoms with Gasteiger partial charge in [-0.15, -0.1) is 0 Å². The van der Waals surface area contributed by atoms with E-state index in [0.29, 0.717) is 17.9 Å². The fraction of sp³-hybridized carbons (Fsp3) is 0.357. The monoisotopic (exact) mass is 273 g/mol. The molecule has 0 aliphatic rings. The highest BCUT2D eigenvalue weighted by Crippen LogP contribution is 2.20. The molecule has 0 atom stereocenters. The fourth-order valence-electron chi connectivity index (χ4n) is 1.86. The van der Waals surface area contributed by atoms with Crippen molar-refractivity contribution in [3.8, 4) is 5.75 Å². The summed E-state index contributed by atoms with van der Waals surface area (Å²) in [5.74, 6) is 1.53. The third kappa shape index (κ3) is 3.14. The summed E-state index contributed by atoms with van der Waals surface area (Å²) < 4.78 is 7.62. The lowest BCUT2D eigenvalue weighted by Crippen LogP contribution is -2.12.